The fourth-order valence-electron chi connectivity index (χ4n) is 2.85. The van der Waals surface area contributed by atoms with Gasteiger partial charge in [-0.05, 0) is 39.5 Å². The van der Waals surface area contributed by atoms with Crippen LogP contribution in [0.15, 0.2) is 4.52 Å². The van der Waals surface area contributed by atoms with E-state index in [1.165, 1.54) is 5.56 Å². The molecule has 0 spiro atoms. The standard InChI is InChI=1S/C15H23N3O2/c1-10-14(11(2)20-17-10)9-18-7-5-13(6-8-18)16-15(19)12-3-4-12/h12-13H,3-9H2,1-2H3,(H,16,19). The number of carbonyl (C=O) groups excluding carboxylic acids is 1. The van der Waals surface area contributed by atoms with Crippen molar-refractivity contribution in [3.63, 3.8) is 0 Å². The van der Waals surface area contributed by atoms with Gasteiger partial charge < -0.3 is 9.84 Å². The van der Waals surface area contributed by atoms with Crippen LogP contribution in [0.5, 0.6) is 0 Å². The Kier molecular flexibility index (Phi) is 3.78. The number of aryl methyl sites for hydroxylation is 2. The van der Waals surface area contributed by atoms with Gasteiger partial charge in [-0.1, -0.05) is 5.16 Å². The second-order valence-electron chi connectivity index (χ2n) is 6.14. The molecule has 2 heterocycles. The number of likely N-dealkylation sites (tertiary alicyclic amines) is 1. The topological polar surface area (TPSA) is 58.4 Å². The van der Waals surface area contributed by atoms with Gasteiger partial charge in [-0.3, -0.25) is 9.69 Å². The third-order valence-electron chi connectivity index (χ3n) is 4.45. The van der Waals surface area contributed by atoms with Crippen molar-refractivity contribution in [2.45, 2.75) is 52.1 Å². The van der Waals surface area contributed by atoms with Gasteiger partial charge in [0, 0.05) is 37.2 Å². The highest BCUT2D eigenvalue weighted by Gasteiger charge is 2.31. The summed E-state index contributed by atoms with van der Waals surface area (Å²) in [5.41, 5.74) is 2.21. The number of nitrogens with one attached hydrogen (secondary N) is 1. The van der Waals surface area contributed by atoms with Crippen LogP contribution in [0.25, 0.3) is 0 Å². The van der Waals surface area contributed by atoms with E-state index in [0.29, 0.717) is 12.0 Å². The van der Waals surface area contributed by atoms with Crippen LogP contribution in [0.4, 0.5) is 0 Å². The van der Waals surface area contributed by atoms with Crippen molar-refractivity contribution in [2.24, 2.45) is 5.92 Å². The third kappa shape index (κ3) is 3.03. The molecule has 0 atom stereocenters. The molecule has 0 unspecified atom stereocenters. The first-order chi connectivity index (χ1) is 9.63. The Bertz CT molecular complexity index is 466. The van der Waals surface area contributed by atoms with Gasteiger partial charge in [-0.25, -0.2) is 0 Å². The lowest BCUT2D eigenvalue weighted by atomic mass is 10.0. The summed E-state index contributed by atoms with van der Waals surface area (Å²) in [6.45, 7) is 6.93. The molecule has 0 aromatic carbocycles. The van der Waals surface area contributed by atoms with Crippen LogP contribution in [-0.4, -0.2) is 35.1 Å². The van der Waals surface area contributed by atoms with Crippen molar-refractivity contribution < 1.29 is 9.32 Å². The van der Waals surface area contributed by atoms with Crippen LogP contribution in [0.1, 0.15) is 42.7 Å². The van der Waals surface area contributed by atoms with E-state index in [4.69, 9.17) is 4.52 Å². The van der Waals surface area contributed by atoms with Crippen molar-refractivity contribution in [1.82, 2.24) is 15.4 Å². The summed E-state index contributed by atoms with van der Waals surface area (Å²) >= 11 is 0. The number of aromatic nitrogens is 1. The Morgan fingerprint density at radius 1 is 1.30 bits per heavy atom. The number of hydrogen-bond donors (Lipinski definition) is 1. The maximum absolute atomic E-state index is 11.8. The van der Waals surface area contributed by atoms with Crippen molar-refractivity contribution in [2.75, 3.05) is 13.1 Å². The molecule has 1 aromatic rings. The number of nitrogens with zero attached hydrogens (tertiary/aromatic N) is 2. The van der Waals surface area contributed by atoms with E-state index < -0.39 is 0 Å². The first-order valence-corrected chi connectivity index (χ1v) is 7.58. The number of rotatable bonds is 4. The highest BCUT2D eigenvalue weighted by molar-refractivity contribution is 5.81. The highest BCUT2D eigenvalue weighted by atomic mass is 16.5. The molecule has 1 amide bonds. The molecule has 1 saturated carbocycles. The molecule has 1 aliphatic heterocycles. The minimum atomic E-state index is 0.272. The monoisotopic (exact) mass is 277 g/mol. The van der Waals surface area contributed by atoms with Gasteiger partial charge in [-0.15, -0.1) is 0 Å². The van der Waals surface area contributed by atoms with Crippen LogP contribution < -0.4 is 5.32 Å². The maximum atomic E-state index is 11.8. The Balaban J connectivity index is 1.47. The molecular weight excluding hydrogens is 254 g/mol. The molecule has 1 aliphatic carbocycles. The zero-order valence-electron chi connectivity index (χ0n) is 12.3. The van der Waals surface area contributed by atoms with Crippen LogP contribution >= 0.6 is 0 Å². The zero-order valence-corrected chi connectivity index (χ0v) is 12.3. The average Bonchev–Trinajstić information content (AvgIpc) is 3.24. The van der Waals surface area contributed by atoms with Gasteiger partial charge in [0.1, 0.15) is 5.76 Å². The first kappa shape index (κ1) is 13.6. The van der Waals surface area contributed by atoms with E-state index in [1.807, 2.05) is 13.8 Å². The molecule has 0 radical (unpaired) electrons. The van der Waals surface area contributed by atoms with E-state index in [9.17, 15) is 4.79 Å². The molecule has 20 heavy (non-hydrogen) atoms. The predicted molar refractivity (Wildman–Crippen MR) is 75.1 cm³/mol. The van der Waals surface area contributed by atoms with Gasteiger partial charge in [0.2, 0.25) is 5.91 Å². The summed E-state index contributed by atoms with van der Waals surface area (Å²) in [7, 11) is 0. The van der Waals surface area contributed by atoms with Crippen molar-refractivity contribution in [3.8, 4) is 0 Å². The average molecular weight is 277 g/mol. The van der Waals surface area contributed by atoms with Crippen molar-refractivity contribution in [3.05, 3.63) is 17.0 Å². The largest absolute Gasteiger partial charge is 0.361 e. The molecule has 2 aliphatic rings. The van der Waals surface area contributed by atoms with E-state index in [-0.39, 0.29) is 5.91 Å². The minimum Gasteiger partial charge on any atom is -0.361 e. The first-order valence-electron chi connectivity index (χ1n) is 7.58. The number of hydrogen-bond acceptors (Lipinski definition) is 4. The lowest BCUT2D eigenvalue weighted by Crippen LogP contribution is -2.44. The number of piperidine rings is 1. The molecule has 5 nitrogen and oxygen atoms in total. The van der Waals surface area contributed by atoms with Crippen LogP contribution in [0.2, 0.25) is 0 Å². The summed E-state index contributed by atoms with van der Waals surface area (Å²) in [5, 5.41) is 7.19. The molecule has 1 saturated heterocycles. The van der Waals surface area contributed by atoms with Crippen LogP contribution in [0.3, 0.4) is 0 Å². The summed E-state index contributed by atoms with van der Waals surface area (Å²) < 4.78 is 5.21. The molecule has 1 N–H and O–H groups in total. The molecule has 3 rings (SSSR count). The van der Waals surface area contributed by atoms with E-state index in [1.54, 1.807) is 0 Å². The lowest BCUT2D eigenvalue weighted by Gasteiger charge is -2.32. The summed E-state index contributed by atoms with van der Waals surface area (Å²) in [4.78, 5) is 14.2. The summed E-state index contributed by atoms with van der Waals surface area (Å²) in [6.07, 6.45) is 4.25. The molecule has 2 fully saturated rings. The Morgan fingerprint density at radius 3 is 2.55 bits per heavy atom. The summed E-state index contributed by atoms with van der Waals surface area (Å²) in [6, 6.07) is 0.365. The van der Waals surface area contributed by atoms with Crippen LogP contribution in [-0.2, 0) is 11.3 Å². The Hall–Kier alpha value is -1.36. The normalized spacial score (nSPS) is 21.1. The van der Waals surface area contributed by atoms with E-state index >= 15 is 0 Å². The van der Waals surface area contributed by atoms with Gasteiger partial charge >= 0.3 is 0 Å². The second-order valence-corrected chi connectivity index (χ2v) is 6.14. The van der Waals surface area contributed by atoms with Gasteiger partial charge in [0.15, 0.2) is 0 Å². The quantitative estimate of drug-likeness (QED) is 0.911. The SMILES string of the molecule is Cc1noc(C)c1CN1CCC(NC(=O)C2CC2)CC1. The fraction of sp³-hybridized carbons (Fsp3) is 0.733. The lowest BCUT2D eigenvalue weighted by molar-refractivity contribution is -0.123. The molecule has 5 heteroatoms. The van der Waals surface area contributed by atoms with Gasteiger partial charge in [0.05, 0.1) is 5.69 Å². The number of carbonyl (C=O) groups is 1. The van der Waals surface area contributed by atoms with Crippen LogP contribution in [0, 0.1) is 19.8 Å². The smallest absolute Gasteiger partial charge is 0.223 e. The predicted octanol–water partition coefficient (Wildman–Crippen LogP) is 1.78. The summed E-state index contributed by atoms with van der Waals surface area (Å²) in [5.74, 6) is 1.51. The van der Waals surface area contributed by atoms with E-state index in [0.717, 1.165) is 56.8 Å². The highest BCUT2D eigenvalue weighted by Crippen LogP contribution is 2.29. The molecular formula is C15H23N3O2. The Labute approximate surface area is 119 Å². The zero-order chi connectivity index (χ0) is 14.1. The molecule has 0 bridgehead atoms. The van der Waals surface area contributed by atoms with Crippen molar-refractivity contribution in [1.29, 1.82) is 0 Å². The van der Waals surface area contributed by atoms with Gasteiger partial charge in [0.25, 0.3) is 0 Å². The molecule has 1 aromatic heterocycles. The maximum Gasteiger partial charge on any atom is 0.223 e. The van der Waals surface area contributed by atoms with Gasteiger partial charge in [-0.2, -0.15) is 0 Å². The Morgan fingerprint density at radius 2 is 2.00 bits per heavy atom. The minimum absolute atomic E-state index is 0.272. The molecule has 110 valence electrons. The second kappa shape index (κ2) is 5.56. The van der Waals surface area contributed by atoms with E-state index in [2.05, 4.69) is 15.4 Å². The third-order valence-corrected chi connectivity index (χ3v) is 4.45. The number of amides is 1. The van der Waals surface area contributed by atoms with Crippen molar-refractivity contribution >= 4 is 5.91 Å². The fourth-order valence-corrected chi connectivity index (χ4v) is 2.85.